The predicted octanol–water partition coefficient (Wildman–Crippen LogP) is 1.51. The lowest BCUT2D eigenvalue weighted by molar-refractivity contribution is 0.392. The molecule has 8 heteroatoms. The Hall–Kier alpha value is -1.70. The number of aryl methyl sites for hydroxylation is 2. The molecular weight excluding hydrogens is 268 g/mol. The molecule has 19 heavy (non-hydrogen) atoms. The molecule has 2 rings (SSSR count). The maximum absolute atomic E-state index is 12.2. The summed E-state index contributed by atoms with van der Waals surface area (Å²) in [5, 5.41) is 9.97. The summed E-state index contributed by atoms with van der Waals surface area (Å²) >= 11 is 0. The molecule has 0 amide bonds. The molecule has 0 unspecified atom stereocenters. The van der Waals surface area contributed by atoms with Gasteiger partial charge >= 0.3 is 0 Å². The Morgan fingerprint density at radius 1 is 1.32 bits per heavy atom. The van der Waals surface area contributed by atoms with Crippen LogP contribution in [0.4, 0.5) is 0 Å². The molecule has 7 nitrogen and oxygen atoms in total. The van der Waals surface area contributed by atoms with E-state index in [4.69, 9.17) is 4.52 Å². The van der Waals surface area contributed by atoms with E-state index < -0.39 is 9.84 Å². The van der Waals surface area contributed by atoms with Gasteiger partial charge in [-0.25, -0.2) is 13.4 Å². The molecule has 2 heterocycles. The molecule has 0 fully saturated rings. The largest absolute Gasteiger partial charge is 0.361 e. The third-order valence-electron chi connectivity index (χ3n) is 2.82. The average molecular weight is 284 g/mol. The van der Waals surface area contributed by atoms with Crippen LogP contribution in [0.25, 0.3) is 0 Å². The number of nitrogens with one attached hydrogen (secondary N) is 1. The molecule has 0 aliphatic rings. The summed E-state index contributed by atoms with van der Waals surface area (Å²) in [4.78, 5) is 4.02. The fourth-order valence-corrected chi connectivity index (χ4v) is 2.96. The molecule has 0 spiro atoms. The molecule has 0 aromatic carbocycles. The molecule has 0 saturated heterocycles. The van der Waals surface area contributed by atoms with Crippen molar-refractivity contribution in [2.24, 2.45) is 0 Å². The van der Waals surface area contributed by atoms with Crippen molar-refractivity contribution in [1.82, 2.24) is 20.3 Å². The van der Waals surface area contributed by atoms with Gasteiger partial charge in [0.05, 0.1) is 11.4 Å². The SMILES string of the molecule is Cc1noc(C)c1CS(=O)(=O)c1n[nH]c(C(C)C)n1. The number of aromatic nitrogens is 4. The summed E-state index contributed by atoms with van der Waals surface area (Å²) in [5.74, 6) is 0.942. The second-order valence-electron chi connectivity index (χ2n) is 4.72. The van der Waals surface area contributed by atoms with Gasteiger partial charge in [0.2, 0.25) is 9.84 Å². The normalized spacial score (nSPS) is 12.3. The van der Waals surface area contributed by atoms with Gasteiger partial charge in [-0.15, -0.1) is 5.10 Å². The van der Waals surface area contributed by atoms with E-state index in [-0.39, 0.29) is 16.8 Å². The Balaban J connectivity index is 2.32. The van der Waals surface area contributed by atoms with Crippen LogP contribution in [0, 0.1) is 13.8 Å². The van der Waals surface area contributed by atoms with Gasteiger partial charge in [0.25, 0.3) is 5.16 Å². The molecule has 0 atom stereocenters. The Morgan fingerprint density at radius 3 is 2.47 bits per heavy atom. The van der Waals surface area contributed by atoms with Crippen molar-refractivity contribution in [2.75, 3.05) is 0 Å². The highest BCUT2D eigenvalue weighted by atomic mass is 32.2. The van der Waals surface area contributed by atoms with E-state index in [0.29, 0.717) is 22.8 Å². The summed E-state index contributed by atoms with van der Waals surface area (Å²) in [5.41, 5.74) is 1.14. The Bertz CT molecular complexity index is 665. The van der Waals surface area contributed by atoms with Gasteiger partial charge in [-0.2, -0.15) is 0 Å². The minimum absolute atomic E-state index is 0.0931. The van der Waals surface area contributed by atoms with Crippen LogP contribution in [0.2, 0.25) is 0 Å². The Kier molecular flexibility index (Phi) is 3.44. The third-order valence-corrected chi connectivity index (χ3v) is 4.23. The summed E-state index contributed by atoms with van der Waals surface area (Å²) in [6.45, 7) is 7.21. The van der Waals surface area contributed by atoms with Crippen LogP contribution in [0.3, 0.4) is 0 Å². The predicted molar refractivity (Wildman–Crippen MR) is 67.3 cm³/mol. The minimum atomic E-state index is -3.59. The van der Waals surface area contributed by atoms with E-state index in [9.17, 15) is 8.42 Å². The van der Waals surface area contributed by atoms with Gasteiger partial charge in [-0.3, -0.25) is 5.10 Å². The summed E-state index contributed by atoms with van der Waals surface area (Å²) in [6.07, 6.45) is 0. The zero-order valence-electron chi connectivity index (χ0n) is 11.3. The molecule has 0 aliphatic heterocycles. The molecule has 0 radical (unpaired) electrons. The van der Waals surface area contributed by atoms with E-state index in [1.54, 1.807) is 13.8 Å². The van der Waals surface area contributed by atoms with Crippen molar-refractivity contribution in [3.05, 3.63) is 22.8 Å². The zero-order valence-corrected chi connectivity index (χ0v) is 12.1. The van der Waals surface area contributed by atoms with Gasteiger partial charge in [0, 0.05) is 11.5 Å². The fraction of sp³-hybridized carbons (Fsp3) is 0.545. The van der Waals surface area contributed by atoms with E-state index in [0.717, 1.165) is 0 Å². The highest BCUT2D eigenvalue weighted by Crippen LogP contribution is 2.20. The van der Waals surface area contributed by atoms with Crippen LogP contribution in [0.15, 0.2) is 9.68 Å². The highest BCUT2D eigenvalue weighted by molar-refractivity contribution is 7.90. The van der Waals surface area contributed by atoms with Crippen molar-refractivity contribution in [2.45, 2.75) is 44.5 Å². The second-order valence-corrected chi connectivity index (χ2v) is 6.60. The van der Waals surface area contributed by atoms with E-state index in [1.807, 2.05) is 13.8 Å². The van der Waals surface area contributed by atoms with Gasteiger partial charge < -0.3 is 4.52 Å². The van der Waals surface area contributed by atoms with Gasteiger partial charge in [-0.1, -0.05) is 19.0 Å². The zero-order chi connectivity index (χ0) is 14.2. The van der Waals surface area contributed by atoms with E-state index >= 15 is 0 Å². The quantitative estimate of drug-likeness (QED) is 0.913. The van der Waals surface area contributed by atoms with Crippen molar-refractivity contribution < 1.29 is 12.9 Å². The lowest BCUT2D eigenvalue weighted by atomic mass is 10.2. The summed E-state index contributed by atoms with van der Waals surface area (Å²) in [6, 6.07) is 0. The molecule has 0 saturated carbocycles. The molecule has 2 aromatic rings. The molecule has 2 aromatic heterocycles. The van der Waals surface area contributed by atoms with Crippen molar-refractivity contribution in [1.29, 1.82) is 0 Å². The number of aromatic amines is 1. The lowest BCUT2D eigenvalue weighted by Crippen LogP contribution is -2.08. The first-order valence-corrected chi connectivity index (χ1v) is 7.53. The van der Waals surface area contributed by atoms with Crippen LogP contribution in [-0.4, -0.2) is 28.8 Å². The molecule has 104 valence electrons. The standard InChI is InChI=1S/C11H16N4O3S/c1-6(2)10-12-11(14-13-10)19(16,17)5-9-7(3)15-18-8(9)4/h6H,5H2,1-4H3,(H,12,13,14). The van der Waals surface area contributed by atoms with Crippen LogP contribution in [-0.2, 0) is 15.6 Å². The number of H-pyrrole nitrogens is 1. The van der Waals surface area contributed by atoms with Gasteiger partial charge in [-0.05, 0) is 13.8 Å². The number of nitrogens with zero attached hydrogens (tertiary/aromatic N) is 3. The van der Waals surface area contributed by atoms with E-state index in [1.165, 1.54) is 0 Å². The number of hydrogen-bond acceptors (Lipinski definition) is 6. The summed E-state index contributed by atoms with van der Waals surface area (Å²) < 4.78 is 29.4. The van der Waals surface area contributed by atoms with Crippen molar-refractivity contribution in [3.63, 3.8) is 0 Å². The van der Waals surface area contributed by atoms with Crippen LogP contribution < -0.4 is 0 Å². The fourth-order valence-electron chi connectivity index (χ4n) is 1.62. The average Bonchev–Trinajstić information content (AvgIpc) is 2.92. The third kappa shape index (κ3) is 2.67. The highest BCUT2D eigenvalue weighted by Gasteiger charge is 2.25. The Labute approximate surface area is 111 Å². The van der Waals surface area contributed by atoms with Crippen molar-refractivity contribution in [3.8, 4) is 0 Å². The Morgan fingerprint density at radius 2 is 2.00 bits per heavy atom. The molecular formula is C11H16N4O3S. The monoisotopic (exact) mass is 284 g/mol. The first-order valence-electron chi connectivity index (χ1n) is 5.88. The minimum Gasteiger partial charge on any atom is -0.361 e. The first kappa shape index (κ1) is 13.7. The second kappa shape index (κ2) is 4.76. The maximum atomic E-state index is 12.2. The van der Waals surface area contributed by atoms with Crippen LogP contribution in [0.1, 0.15) is 42.6 Å². The number of rotatable bonds is 4. The first-order chi connectivity index (χ1) is 8.81. The van der Waals surface area contributed by atoms with E-state index in [2.05, 4.69) is 20.3 Å². The number of sulfone groups is 1. The topological polar surface area (TPSA) is 102 Å². The summed E-state index contributed by atoms with van der Waals surface area (Å²) in [7, 11) is -3.59. The lowest BCUT2D eigenvalue weighted by Gasteiger charge is -1.99. The van der Waals surface area contributed by atoms with Gasteiger partial charge in [0.1, 0.15) is 11.6 Å². The molecule has 0 bridgehead atoms. The number of hydrogen-bond donors (Lipinski definition) is 1. The molecule has 0 aliphatic carbocycles. The van der Waals surface area contributed by atoms with Crippen LogP contribution >= 0.6 is 0 Å². The van der Waals surface area contributed by atoms with Crippen molar-refractivity contribution >= 4 is 9.84 Å². The van der Waals surface area contributed by atoms with Gasteiger partial charge in [0.15, 0.2) is 0 Å². The maximum Gasteiger partial charge on any atom is 0.267 e. The van der Waals surface area contributed by atoms with Crippen LogP contribution in [0.5, 0.6) is 0 Å². The molecule has 1 N–H and O–H groups in total. The smallest absolute Gasteiger partial charge is 0.267 e.